The zero-order chi connectivity index (χ0) is 4.99. The molecule has 0 radical (unpaired) electrons. The second-order valence-corrected chi connectivity index (χ2v) is 1.38. The topological polar surface area (TPSA) is 12.4 Å². The van der Waals surface area contributed by atoms with Crippen molar-refractivity contribution in [3.05, 3.63) is 6.58 Å². The molecule has 0 fully saturated rings. The Kier molecular flexibility index (Phi) is 2.43. The first-order valence-electron chi connectivity index (χ1n) is 1.99. The summed E-state index contributed by atoms with van der Waals surface area (Å²) in [6.45, 7) is 7.28. The molecule has 0 aliphatic rings. The van der Waals surface area contributed by atoms with Gasteiger partial charge in [-0.05, 0) is 26.3 Å². The summed E-state index contributed by atoms with van der Waals surface area (Å²) in [7, 11) is 0. The maximum Gasteiger partial charge on any atom is 0.0537 e. The molecule has 0 aliphatic carbocycles. The lowest BCUT2D eigenvalue weighted by atomic mass is 10.4. The number of nitrogens with zero attached hydrogens (tertiary/aromatic N) is 1. The summed E-state index contributed by atoms with van der Waals surface area (Å²) in [5, 5.41) is 0. The van der Waals surface area contributed by atoms with Gasteiger partial charge < -0.3 is 0 Å². The molecule has 0 aliphatic heterocycles. The average molecular weight is 83.1 g/mol. The van der Waals surface area contributed by atoms with Gasteiger partial charge in [-0.3, -0.25) is 0 Å². The first-order chi connectivity index (χ1) is 2.77. The molecule has 0 unspecified atom stereocenters. The standard InChI is InChI=1S/C5H9N/c1-4-6-5(2)3/h5H,1H2,2-3H3. The van der Waals surface area contributed by atoms with E-state index in [1.165, 1.54) is 0 Å². The van der Waals surface area contributed by atoms with Gasteiger partial charge >= 0.3 is 0 Å². The minimum Gasteiger partial charge on any atom is -0.241 e. The van der Waals surface area contributed by atoms with E-state index in [2.05, 4.69) is 17.4 Å². The van der Waals surface area contributed by atoms with Crippen LogP contribution < -0.4 is 0 Å². The van der Waals surface area contributed by atoms with Gasteiger partial charge in [0.05, 0.1) is 6.04 Å². The highest BCUT2D eigenvalue weighted by Crippen LogP contribution is 1.78. The maximum atomic E-state index is 3.76. The molecule has 6 heavy (non-hydrogen) atoms. The molecule has 0 aromatic rings. The first kappa shape index (κ1) is 5.45. The quantitative estimate of drug-likeness (QED) is 0.423. The van der Waals surface area contributed by atoms with Crippen molar-refractivity contribution in [3.63, 3.8) is 0 Å². The van der Waals surface area contributed by atoms with Gasteiger partial charge in [-0.2, -0.15) is 0 Å². The molecule has 0 rings (SSSR count). The van der Waals surface area contributed by atoms with Crippen LogP contribution in [0.2, 0.25) is 0 Å². The van der Waals surface area contributed by atoms with Gasteiger partial charge in [0.1, 0.15) is 0 Å². The molecular formula is C5H9N. The van der Waals surface area contributed by atoms with E-state index in [1.807, 2.05) is 13.8 Å². The molecule has 0 amide bonds. The molecular weight excluding hydrogens is 74.1 g/mol. The number of aliphatic imine (C=N–C) groups is 1. The summed E-state index contributed by atoms with van der Waals surface area (Å²) in [5.74, 6) is 2.44. The van der Waals surface area contributed by atoms with Crippen LogP contribution in [-0.4, -0.2) is 11.9 Å². The zero-order valence-electron chi connectivity index (χ0n) is 4.23. The first-order valence-corrected chi connectivity index (χ1v) is 1.99. The minimum absolute atomic E-state index is 0.350. The summed E-state index contributed by atoms with van der Waals surface area (Å²) >= 11 is 0. The third kappa shape index (κ3) is 3.45. The summed E-state index contributed by atoms with van der Waals surface area (Å²) in [5.41, 5.74) is 0. The van der Waals surface area contributed by atoms with Crippen LogP contribution in [0.1, 0.15) is 13.8 Å². The van der Waals surface area contributed by atoms with E-state index in [-0.39, 0.29) is 0 Å². The minimum atomic E-state index is 0.350. The van der Waals surface area contributed by atoms with Crippen molar-refractivity contribution in [2.24, 2.45) is 4.99 Å². The van der Waals surface area contributed by atoms with E-state index in [9.17, 15) is 0 Å². The zero-order valence-corrected chi connectivity index (χ0v) is 4.23. The van der Waals surface area contributed by atoms with E-state index in [0.717, 1.165) is 0 Å². The molecule has 0 bridgehead atoms. The second-order valence-electron chi connectivity index (χ2n) is 1.38. The van der Waals surface area contributed by atoms with Gasteiger partial charge in [0.25, 0.3) is 0 Å². The molecule has 0 saturated carbocycles. The Bertz CT molecular complexity index is 68.0. The van der Waals surface area contributed by atoms with Crippen LogP contribution in [0.5, 0.6) is 0 Å². The van der Waals surface area contributed by atoms with E-state index >= 15 is 0 Å². The van der Waals surface area contributed by atoms with Crippen molar-refractivity contribution in [2.75, 3.05) is 0 Å². The van der Waals surface area contributed by atoms with Crippen LogP contribution in [0.4, 0.5) is 0 Å². The highest BCUT2D eigenvalue weighted by molar-refractivity contribution is 5.46. The third-order valence-electron chi connectivity index (χ3n) is 0.349. The molecule has 0 atom stereocenters. The van der Waals surface area contributed by atoms with E-state index in [1.54, 1.807) is 0 Å². The molecule has 0 aromatic heterocycles. The lowest BCUT2D eigenvalue weighted by Crippen LogP contribution is -1.83. The van der Waals surface area contributed by atoms with E-state index in [4.69, 9.17) is 0 Å². The van der Waals surface area contributed by atoms with Crippen LogP contribution in [0.3, 0.4) is 0 Å². The van der Waals surface area contributed by atoms with Gasteiger partial charge in [-0.15, -0.1) is 0 Å². The lowest BCUT2D eigenvalue weighted by Gasteiger charge is -1.84. The fourth-order valence-corrected chi connectivity index (χ4v) is 0.183. The summed E-state index contributed by atoms with van der Waals surface area (Å²) in [6.07, 6.45) is 0. The Hall–Kier alpha value is -0.550. The molecule has 34 valence electrons. The van der Waals surface area contributed by atoms with Crippen LogP contribution in [-0.2, 0) is 0 Å². The van der Waals surface area contributed by atoms with E-state index in [0.29, 0.717) is 6.04 Å². The smallest absolute Gasteiger partial charge is 0.0537 e. The Morgan fingerprint density at radius 1 is 1.67 bits per heavy atom. The predicted octanol–water partition coefficient (Wildman–Crippen LogP) is 1.25. The molecule has 0 saturated heterocycles. The van der Waals surface area contributed by atoms with Crippen LogP contribution in [0.25, 0.3) is 0 Å². The second kappa shape index (κ2) is 2.67. The van der Waals surface area contributed by atoms with Crippen molar-refractivity contribution >= 4 is 5.87 Å². The molecule has 1 heteroatoms. The normalized spacial score (nSPS) is 7.83. The van der Waals surface area contributed by atoms with Gasteiger partial charge in [0, 0.05) is 0 Å². The van der Waals surface area contributed by atoms with Crippen molar-refractivity contribution in [2.45, 2.75) is 19.9 Å². The molecule has 0 N–H and O–H groups in total. The van der Waals surface area contributed by atoms with Crippen LogP contribution >= 0.6 is 0 Å². The Morgan fingerprint density at radius 2 is 2.17 bits per heavy atom. The van der Waals surface area contributed by atoms with Gasteiger partial charge in [0.15, 0.2) is 0 Å². The monoisotopic (exact) mass is 83.1 g/mol. The van der Waals surface area contributed by atoms with Crippen LogP contribution in [0.15, 0.2) is 11.6 Å². The van der Waals surface area contributed by atoms with Crippen LogP contribution in [0, 0.1) is 0 Å². The summed E-state index contributed by atoms with van der Waals surface area (Å²) < 4.78 is 0. The number of hydrogen-bond acceptors (Lipinski definition) is 1. The summed E-state index contributed by atoms with van der Waals surface area (Å²) in [4.78, 5) is 3.76. The SMILES string of the molecule is C=C=NC(C)C. The van der Waals surface area contributed by atoms with Gasteiger partial charge in [-0.25, -0.2) is 4.99 Å². The average Bonchev–Trinajstić information content (AvgIpc) is 1.35. The van der Waals surface area contributed by atoms with E-state index < -0.39 is 0 Å². The lowest BCUT2D eigenvalue weighted by molar-refractivity contribution is 0.843. The fraction of sp³-hybridized carbons (Fsp3) is 0.600. The molecule has 1 nitrogen and oxygen atoms in total. The predicted molar refractivity (Wildman–Crippen MR) is 28.2 cm³/mol. The van der Waals surface area contributed by atoms with Crippen molar-refractivity contribution < 1.29 is 0 Å². The summed E-state index contributed by atoms with van der Waals surface area (Å²) in [6, 6.07) is 0.350. The van der Waals surface area contributed by atoms with Crippen molar-refractivity contribution in [1.29, 1.82) is 0 Å². The largest absolute Gasteiger partial charge is 0.241 e. The van der Waals surface area contributed by atoms with Crippen molar-refractivity contribution in [1.82, 2.24) is 0 Å². The Morgan fingerprint density at radius 3 is 2.17 bits per heavy atom. The Labute approximate surface area is 38.4 Å². The van der Waals surface area contributed by atoms with Gasteiger partial charge in [-0.1, -0.05) is 0 Å². The maximum absolute atomic E-state index is 3.76. The highest BCUT2D eigenvalue weighted by Gasteiger charge is 1.76. The third-order valence-corrected chi connectivity index (χ3v) is 0.349. The molecule has 0 spiro atoms. The Balaban J connectivity index is 3.29. The molecule has 0 aromatic carbocycles. The fourth-order valence-electron chi connectivity index (χ4n) is 0.183. The highest BCUT2D eigenvalue weighted by atomic mass is 14.7. The van der Waals surface area contributed by atoms with Gasteiger partial charge in [0.2, 0.25) is 0 Å². The number of rotatable bonds is 1. The molecule has 0 heterocycles. The van der Waals surface area contributed by atoms with Crippen molar-refractivity contribution in [3.8, 4) is 0 Å². The number of hydrogen-bond donors (Lipinski definition) is 0.